The van der Waals surface area contributed by atoms with E-state index in [1.807, 2.05) is 6.08 Å². The Kier molecular flexibility index (Phi) is 12.0. The van der Waals surface area contributed by atoms with Gasteiger partial charge in [-0.1, -0.05) is 12.2 Å². The van der Waals surface area contributed by atoms with Crippen molar-refractivity contribution in [1.82, 2.24) is 14.6 Å². The van der Waals surface area contributed by atoms with Gasteiger partial charge in [0.2, 0.25) is 27.7 Å². The normalized spacial score (nSPS) is 29.6. The van der Waals surface area contributed by atoms with Crippen molar-refractivity contribution in [3.8, 4) is 11.6 Å². The van der Waals surface area contributed by atoms with E-state index < -0.39 is 111 Å². The summed E-state index contributed by atoms with van der Waals surface area (Å²) in [7, 11) is -2.87. The Morgan fingerprint density at radius 2 is 1.84 bits per heavy atom. The number of nitrogens with zero attached hydrogens (tertiary/aromatic N) is 2. The van der Waals surface area contributed by atoms with Crippen LogP contribution in [0.3, 0.4) is 0 Å². The van der Waals surface area contributed by atoms with Crippen molar-refractivity contribution in [3.05, 3.63) is 42.6 Å². The highest BCUT2D eigenvalue weighted by atomic mass is 32.2. The predicted molar refractivity (Wildman–Crippen MR) is 205 cm³/mol. The number of methoxy groups -OCH3 is 1. The minimum Gasteiger partial charge on any atom is -0.497 e. The molecule has 1 aromatic carbocycles. The average molecular weight is 836 g/mol. The Bertz CT molecular complexity index is 2070. The van der Waals surface area contributed by atoms with Crippen molar-refractivity contribution >= 4 is 44.4 Å². The quantitative estimate of drug-likeness (QED) is 0.220. The number of hydrogen-bond acceptors (Lipinski definition) is 11. The number of alkyl halides is 3. The zero-order valence-electron chi connectivity index (χ0n) is 33.6. The van der Waals surface area contributed by atoms with Gasteiger partial charge < -0.3 is 23.8 Å². The van der Waals surface area contributed by atoms with Gasteiger partial charge in [-0.15, -0.1) is 0 Å². The molecule has 318 valence electrons. The second kappa shape index (κ2) is 16.1. The van der Waals surface area contributed by atoms with E-state index >= 15 is 0 Å². The molecule has 7 atom stereocenters. The molecule has 1 saturated heterocycles. The number of allylic oxidation sites excluding steroid dienone is 2. The van der Waals surface area contributed by atoms with Gasteiger partial charge in [-0.25, -0.2) is 26.6 Å². The zero-order valence-corrected chi connectivity index (χ0v) is 34.4. The number of ether oxygens (including phenoxy) is 4. The molecule has 17 heteroatoms. The lowest BCUT2D eigenvalue weighted by Gasteiger charge is -2.34. The average Bonchev–Trinajstić information content (AvgIpc) is 4.05. The van der Waals surface area contributed by atoms with Gasteiger partial charge in [-0.05, 0) is 95.4 Å². The summed E-state index contributed by atoms with van der Waals surface area (Å²) in [4.78, 5) is 62.4. The number of amides is 2. The summed E-state index contributed by atoms with van der Waals surface area (Å²) in [5.41, 5.74) is -3.70. The van der Waals surface area contributed by atoms with E-state index in [1.165, 1.54) is 18.2 Å². The van der Waals surface area contributed by atoms with Gasteiger partial charge in [0.15, 0.2) is 11.4 Å². The highest BCUT2D eigenvalue weighted by Gasteiger charge is 2.63. The first kappa shape index (κ1) is 43.3. The summed E-state index contributed by atoms with van der Waals surface area (Å²) in [6, 6.07) is 5.83. The largest absolute Gasteiger partial charge is 0.497 e. The van der Waals surface area contributed by atoms with E-state index in [0.717, 1.165) is 19.2 Å². The first-order valence-corrected chi connectivity index (χ1v) is 21.1. The molecule has 6 rings (SSSR count). The number of pyridine rings is 1. The van der Waals surface area contributed by atoms with Crippen molar-refractivity contribution in [2.45, 2.75) is 127 Å². The fourth-order valence-corrected chi connectivity index (χ4v) is 9.27. The van der Waals surface area contributed by atoms with E-state index in [-0.39, 0.29) is 38.1 Å². The van der Waals surface area contributed by atoms with Crippen LogP contribution in [-0.2, 0) is 38.7 Å². The Labute approximate surface area is 336 Å². The highest BCUT2D eigenvalue weighted by Crippen LogP contribution is 2.58. The van der Waals surface area contributed by atoms with Crippen molar-refractivity contribution in [1.29, 1.82) is 0 Å². The summed E-state index contributed by atoms with van der Waals surface area (Å²) in [5, 5.41) is 1.38. The van der Waals surface area contributed by atoms with E-state index in [1.54, 1.807) is 44.2 Å². The number of aromatic nitrogens is 1. The molecule has 2 aromatic rings. The van der Waals surface area contributed by atoms with Crippen LogP contribution in [-0.4, -0.2) is 103 Å². The van der Waals surface area contributed by atoms with Gasteiger partial charge in [0.1, 0.15) is 23.3 Å². The Morgan fingerprint density at radius 1 is 1.12 bits per heavy atom. The monoisotopic (exact) mass is 835 g/mol. The number of esters is 1. The molecular formula is C41H52F3N3O10S. The van der Waals surface area contributed by atoms with Crippen molar-refractivity contribution < 1.29 is 59.7 Å². The number of rotatable bonds is 11. The third kappa shape index (κ3) is 8.70. The second-order valence-electron chi connectivity index (χ2n) is 16.9. The maximum Gasteiger partial charge on any atom is 0.307 e. The molecule has 2 aliphatic carbocycles. The predicted octanol–water partition coefficient (Wildman–Crippen LogP) is 5.63. The van der Waals surface area contributed by atoms with Crippen LogP contribution in [0.4, 0.5) is 13.2 Å². The lowest BCUT2D eigenvalue weighted by atomic mass is 9.90. The molecule has 2 aliphatic heterocycles. The van der Waals surface area contributed by atoms with Crippen LogP contribution in [0.1, 0.15) is 86.0 Å². The standard InChI is InChI=1S/C41H52F3N3O10S/c1-24-9-7-8-10-27-20-41(27,37(51)46-58(52,53)40(23-42)14-15-40)21-33(48)32-18-29(56-35-30-12-11-28(54-6)17-26(30)13-16-45-35)22-47(32)36(50)31(25(2)55-24)19-34(49)57-38(3,4)39(5,43)44/h8,10-13,16-17,24-25,27,29,31-32H,7,9,14-15,18-23H2,1-6H3,(H,46,51)/b10-8-/t24-,25+,27-,29-,31+,32+,41-/m1/s1. The first-order chi connectivity index (χ1) is 27.2. The van der Waals surface area contributed by atoms with Crippen molar-refractivity contribution in [2.24, 2.45) is 17.3 Å². The molecule has 0 bridgehead atoms. The molecule has 3 heterocycles. The molecule has 0 spiro atoms. The van der Waals surface area contributed by atoms with Gasteiger partial charge >= 0.3 is 5.97 Å². The topological polar surface area (TPSA) is 168 Å². The Morgan fingerprint density at radius 3 is 2.50 bits per heavy atom. The number of nitrogens with one attached hydrogen (secondary N) is 1. The molecule has 1 aromatic heterocycles. The molecule has 4 aliphatic rings. The van der Waals surface area contributed by atoms with Crippen LogP contribution in [0.5, 0.6) is 11.6 Å². The molecule has 0 radical (unpaired) electrons. The molecular weight excluding hydrogens is 784 g/mol. The number of ketones is 1. The fourth-order valence-electron chi connectivity index (χ4n) is 7.83. The summed E-state index contributed by atoms with van der Waals surface area (Å²) >= 11 is 0. The molecule has 3 fully saturated rings. The molecule has 2 amide bonds. The maximum atomic E-state index is 14.8. The van der Waals surface area contributed by atoms with Crippen LogP contribution in [0, 0.1) is 17.3 Å². The Balaban J connectivity index is 1.35. The number of halogens is 3. The lowest BCUT2D eigenvalue weighted by Crippen LogP contribution is -2.50. The minimum absolute atomic E-state index is 0.0574. The third-order valence-electron chi connectivity index (χ3n) is 12.3. The van der Waals surface area contributed by atoms with E-state index in [9.17, 15) is 40.8 Å². The number of carbonyl (C=O) groups is 4. The second-order valence-corrected chi connectivity index (χ2v) is 19.0. The van der Waals surface area contributed by atoms with Gasteiger partial charge in [0, 0.05) is 31.3 Å². The van der Waals surface area contributed by atoms with Gasteiger partial charge in [-0.3, -0.25) is 23.9 Å². The number of fused-ring (bicyclic) bond motifs is 3. The van der Waals surface area contributed by atoms with Crippen LogP contribution >= 0.6 is 0 Å². The zero-order chi connectivity index (χ0) is 42.4. The van der Waals surface area contributed by atoms with Crippen molar-refractivity contribution in [3.63, 3.8) is 0 Å². The summed E-state index contributed by atoms with van der Waals surface area (Å²) in [6.07, 6.45) is 2.92. The van der Waals surface area contributed by atoms with Crippen molar-refractivity contribution in [2.75, 3.05) is 20.3 Å². The van der Waals surface area contributed by atoms with E-state index in [0.29, 0.717) is 30.9 Å². The highest BCUT2D eigenvalue weighted by molar-refractivity contribution is 7.91. The van der Waals surface area contributed by atoms with Crippen LogP contribution in [0.25, 0.3) is 10.8 Å². The minimum atomic E-state index is -4.41. The van der Waals surface area contributed by atoms with Crippen LogP contribution < -0.4 is 14.2 Å². The Hall–Kier alpha value is -4.25. The molecule has 2 saturated carbocycles. The van der Waals surface area contributed by atoms with Gasteiger partial charge in [-0.2, -0.15) is 0 Å². The number of sulfonamides is 1. The SMILES string of the molecule is COc1ccc2c(O[C@@H]3C[C@H]4C(=O)C[C@]5(C(=O)NS(=O)(=O)C6(CF)CC6)C[C@H]5/C=C\CC[C@@H](C)O[C@@H](C)[C@H](CC(=O)OC(C)(C)C(C)(F)F)C(=O)N4C3)nccc2c1. The molecule has 13 nitrogen and oxygen atoms in total. The van der Waals surface area contributed by atoms with Crippen LogP contribution in [0.15, 0.2) is 42.6 Å². The van der Waals surface area contributed by atoms with E-state index in [4.69, 9.17) is 18.9 Å². The molecule has 0 unspecified atom stereocenters. The summed E-state index contributed by atoms with van der Waals surface area (Å²) < 4.78 is 92.7. The van der Waals surface area contributed by atoms with Gasteiger partial charge in [0.25, 0.3) is 5.92 Å². The number of Topliss-reactive ketones (excluding diaryl/α,β-unsaturated/α-hetero) is 1. The summed E-state index contributed by atoms with van der Waals surface area (Å²) in [5.74, 6) is -7.65. The fraction of sp³-hybridized carbons (Fsp3) is 0.634. The maximum absolute atomic E-state index is 14.8. The number of hydrogen-bond donors (Lipinski definition) is 1. The van der Waals surface area contributed by atoms with Gasteiger partial charge in [0.05, 0.1) is 49.7 Å². The van der Waals surface area contributed by atoms with Crippen LogP contribution in [0.2, 0.25) is 0 Å². The number of benzene rings is 1. The lowest BCUT2D eigenvalue weighted by molar-refractivity contribution is -0.198. The summed E-state index contributed by atoms with van der Waals surface area (Å²) in [6.45, 7) is 4.81. The smallest absolute Gasteiger partial charge is 0.307 e. The molecule has 58 heavy (non-hydrogen) atoms. The number of carbonyl (C=O) groups excluding carboxylic acids is 4. The first-order valence-electron chi connectivity index (χ1n) is 19.6. The third-order valence-corrected chi connectivity index (χ3v) is 14.4. The molecule has 1 N–H and O–H groups in total. The van der Waals surface area contributed by atoms with E-state index in [2.05, 4.69) is 9.71 Å².